The summed E-state index contributed by atoms with van der Waals surface area (Å²) in [6, 6.07) is 15.6. The van der Waals surface area contributed by atoms with E-state index in [1.807, 2.05) is 0 Å². The zero-order valence-corrected chi connectivity index (χ0v) is 20.2. The normalized spacial score (nSPS) is 13.5. The molecule has 0 aliphatic carbocycles. The topological polar surface area (TPSA) is 174 Å². The summed E-state index contributed by atoms with van der Waals surface area (Å²) in [5, 5.41) is 64.8. The number of benzene rings is 3. The summed E-state index contributed by atoms with van der Waals surface area (Å²) < 4.78 is 0. The number of anilines is 3. The van der Waals surface area contributed by atoms with E-state index < -0.39 is 15.7 Å². The van der Waals surface area contributed by atoms with E-state index in [9.17, 15) is 26.0 Å². The van der Waals surface area contributed by atoms with Crippen molar-refractivity contribution in [2.45, 2.75) is 0 Å². The van der Waals surface area contributed by atoms with E-state index in [4.69, 9.17) is 5.21 Å². The first-order valence-electron chi connectivity index (χ1n) is 10.8. The Bertz CT molecular complexity index is 1150. The molecule has 3 rings (SSSR count). The van der Waals surface area contributed by atoms with Crippen molar-refractivity contribution in [1.29, 1.82) is 0 Å². The molecule has 3 atom stereocenters. The van der Waals surface area contributed by atoms with Crippen molar-refractivity contribution in [2.24, 2.45) is 5.10 Å². The molecule has 0 radical (unpaired) electrons. The molecule has 0 aromatic heterocycles. The fraction of sp³-hybridized carbons (Fsp3) is 0.174. The third-order valence-corrected chi connectivity index (χ3v) is 5.39. The van der Waals surface area contributed by atoms with Crippen molar-refractivity contribution in [3.63, 3.8) is 0 Å². The van der Waals surface area contributed by atoms with Gasteiger partial charge in [-0.2, -0.15) is 20.8 Å². The summed E-state index contributed by atoms with van der Waals surface area (Å²) >= 11 is 0. The molecule has 0 bridgehead atoms. The van der Waals surface area contributed by atoms with Crippen molar-refractivity contribution >= 4 is 39.8 Å². The lowest BCUT2D eigenvalue weighted by molar-refractivity contribution is -0.991. The van der Waals surface area contributed by atoms with Crippen LogP contribution in [0.3, 0.4) is 0 Å². The lowest BCUT2D eigenvalue weighted by Crippen LogP contribution is -2.99. The van der Waals surface area contributed by atoms with Crippen LogP contribution in [0.2, 0.25) is 0 Å². The van der Waals surface area contributed by atoms with Gasteiger partial charge in [0.05, 0.1) is 11.4 Å². The Kier molecular flexibility index (Phi) is 8.54. The van der Waals surface area contributed by atoms with Gasteiger partial charge in [0.25, 0.3) is 0 Å². The zero-order valence-electron chi connectivity index (χ0n) is 20.2. The largest absolute Gasteiger partial charge is 0.595 e. The maximum absolute atomic E-state index is 12.0. The summed E-state index contributed by atoms with van der Waals surface area (Å²) in [5.41, 5.74) is 5.76. The van der Waals surface area contributed by atoms with Crippen LogP contribution in [0.5, 0.6) is 0 Å². The van der Waals surface area contributed by atoms with Crippen molar-refractivity contribution < 1.29 is 31.3 Å². The van der Waals surface area contributed by atoms with Gasteiger partial charge in [0.1, 0.15) is 11.4 Å². The number of hydrogen-bond donors (Lipinski definition) is 7. The second-order valence-electron chi connectivity index (χ2n) is 8.32. The van der Waals surface area contributed by atoms with Crippen molar-refractivity contribution in [3.05, 3.63) is 87.4 Å². The summed E-state index contributed by atoms with van der Waals surface area (Å²) in [6.45, 7) is 0. The van der Waals surface area contributed by atoms with Crippen LogP contribution in [0.25, 0.3) is 0 Å². The lowest BCUT2D eigenvalue weighted by atomic mass is 10.00. The van der Waals surface area contributed by atoms with E-state index in [0.717, 1.165) is 0 Å². The Morgan fingerprint density at radius 3 is 1.50 bits per heavy atom. The first-order valence-corrected chi connectivity index (χ1v) is 10.8. The molecule has 36 heavy (non-hydrogen) atoms. The molecule has 0 amide bonds. The second-order valence-corrected chi connectivity index (χ2v) is 8.32. The van der Waals surface area contributed by atoms with Crippen molar-refractivity contribution in [3.8, 4) is 0 Å². The lowest BCUT2D eigenvalue weighted by Gasteiger charge is -2.23. The average Bonchev–Trinajstić information content (AvgIpc) is 2.83. The summed E-state index contributed by atoms with van der Waals surface area (Å²) in [4.78, 5) is 3.36. The maximum atomic E-state index is 12.0. The first-order chi connectivity index (χ1) is 17.0. The highest BCUT2D eigenvalue weighted by Gasteiger charge is 2.19. The summed E-state index contributed by atoms with van der Waals surface area (Å²) in [6.07, 6.45) is 0. The minimum Gasteiger partial charge on any atom is -0.595 e. The first kappa shape index (κ1) is 27.0. The standard InChI is InChI=1S/C23H29N7O6/c1-26(2)19-11-5-15(13-21(19)29(33)34)23(25-24-17-7-9-18(10-8-17)28(31)32)16-6-12-20(27(3)4)22(14-16)30(35)36/h5-14,24,28-31,33,35H,1-4H3. The van der Waals surface area contributed by atoms with Gasteiger partial charge in [-0.3, -0.25) is 5.43 Å². The molecule has 13 nitrogen and oxygen atoms in total. The monoisotopic (exact) mass is 499 g/mol. The van der Waals surface area contributed by atoms with E-state index in [2.05, 4.69) is 10.5 Å². The van der Waals surface area contributed by atoms with E-state index in [0.29, 0.717) is 33.9 Å². The van der Waals surface area contributed by atoms with Gasteiger partial charge in [0, 0.05) is 63.6 Å². The molecule has 3 unspecified atom stereocenters. The molecule has 0 aliphatic rings. The predicted molar refractivity (Wildman–Crippen MR) is 135 cm³/mol. The Hall–Kier alpha value is -3.63. The molecule has 0 fully saturated rings. The highest BCUT2D eigenvalue weighted by Crippen LogP contribution is 2.27. The number of nitrogens with one attached hydrogen (secondary N) is 4. The minimum absolute atomic E-state index is 0.0550. The van der Waals surface area contributed by atoms with Gasteiger partial charge in [-0.05, 0) is 24.3 Å². The molecule has 0 saturated heterocycles. The van der Waals surface area contributed by atoms with Gasteiger partial charge < -0.3 is 25.4 Å². The maximum Gasteiger partial charge on any atom is 0.188 e. The molecule has 7 N–H and O–H groups in total. The third kappa shape index (κ3) is 6.13. The van der Waals surface area contributed by atoms with Crippen LogP contribution in [0.4, 0.5) is 34.1 Å². The molecule has 0 aliphatic heterocycles. The Morgan fingerprint density at radius 1 is 0.694 bits per heavy atom. The molecule has 192 valence electrons. The minimum atomic E-state index is -1.12. The van der Waals surface area contributed by atoms with Gasteiger partial charge >= 0.3 is 0 Å². The second kappa shape index (κ2) is 11.4. The van der Waals surface area contributed by atoms with Crippen LogP contribution in [0, 0.1) is 15.6 Å². The molecule has 13 heteroatoms. The number of nitrogens with zero attached hydrogens (tertiary/aromatic N) is 3. The number of hydrazone groups is 1. The van der Waals surface area contributed by atoms with Gasteiger partial charge in [-0.25, -0.2) is 15.6 Å². The van der Waals surface area contributed by atoms with E-state index in [1.54, 1.807) is 74.4 Å². The van der Waals surface area contributed by atoms with Gasteiger partial charge in [-0.1, -0.05) is 12.1 Å². The summed E-state index contributed by atoms with van der Waals surface area (Å²) in [7, 11) is 6.94. The van der Waals surface area contributed by atoms with E-state index in [-0.39, 0.29) is 17.1 Å². The summed E-state index contributed by atoms with van der Waals surface area (Å²) in [5.74, 6) is 0. The van der Waals surface area contributed by atoms with E-state index in [1.165, 1.54) is 24.3 Å². The SMILES string of the molecule is CN(C)c1ccc(C(=NNc2ccc([NH+]([O-])O)cc2)c2ccc(N(C)C)c([NH+]([O-])O)c2)cc1[NH+]([O-])O. The quantitative estimate of drug-likeness (QED) is 0.157. The average molecular weight is 500 g/mol. The fourth-order valence-corrected chi connectivity index (χ4v) is 3.59. The number of hydrogen-bond acceptors (Lipinski definition) is 10. The fourth-order valence-electron chi connectivity index (χ4n) is 3.59. The molecular formula is C23H29N7O6. The molecular weight excluding hydrogens is 470 g/mol. The van der Waals surface area contributed by atoms with Crippen LogP contribution < -0.4 is 30.9 Å². The predicted octanol–water partition coefficient (Wildman–Crippen LogP) is -0.107. The van der Waals surface area contributed by atoms with Crippen molar-refractivity contribution in [1.82, 2.24) is 0 Å². The smallest absolute Gasteiger partial charge is 0.188 e. The van der Waals surface area contributed by atoms with Crippen LogP contribution in [0.15, 0.2) is 65.8 Å². The highest BCUT2D eigenvalue weighted by molar-refractivity contribution is 6.14. The van der Waals surface area contributed by atoms with Crippen LogP contribution in [-0.2, 0) is 0 Å². The Labute approximate surface area is 207 Å². The van der Waals surface area contributed by atoms with E-state index >= 15 is 0 Å². The third-order valence-electron chi connectivity index (χ3n) is 5.39. The molecule has 3 aromatic rings. The van der Waals surface area contributed by atoms with Crippen LogP contribution >= 0.6 is 0 Å². The Morgan fingerprint density at radius 2 is 1.14 bits per heavy atom. The Balaban J connectivity index is 2.15. The zero-order chi connectivity index (χ0) is 26.6. The number of quaternary nitrogens is 3. The molecule has 0 spiro atoms. The van der Waals surface area contributed by atoms with Gasteiger partial charge in [-0.15, -0.1) is 0 Å². The van der Waals surface area contributed by atoms with Crippen LogP contribution in [-0.4, -0.2) is 49.5 Å². The molecule has 0 saturated carbocycles. The van der Waals surface area contributed by atoms with Gasteiger partial charge in [0.15, 0.2) is 17.1 Å². The molecule has 0 heterocycles. The van der Waals surface area contributed by atoms with Crippen molar-refractivity contribution in [2.75, 3.05) is 43.4 Å². The van der Waals surface area contributed by atoms with Crippen LogP contribution in [0.1, 0.15) is 11.1 Å². The molecule has 3 aromatic carbocycles. The highest BCUT2D eigenvalue weighted by atomic mass is 16.8. The number of rotatable bonds is 9. The van der Waals surface area contributed by atoms with Gasteiger partial charge in [0.2, 0.25) is 0 Å².